The lowest BCUT2D eigenvalue weighted by molar-refractivity contribution is 0.669. The van der Waals surface area contributed by atoms with E-state index in [0.717, 1.165) is 39.0 Å². The van der Waals surface area contributed by atoms with Gasteiger partial charge in [-0.2, -0.15) is 0 Å². The Balaban J connectivity index is 1.22. The first-order valence-corrected chi connectivity index (χ1v) is 17.4. The largest absolute Gasteiger partial charge is 0.454 e. The molecule has 0 bridgehead atoms. The number of hydrogen-bond acceptors (Lipinski definition) is 3. The summed E-state index contributed by atoms with van der Waals surface area (Å²) in [6.45, 7) is 0. The molecule has 8 aromatic carbocycles. The number of benzene rings is 8. The van der Waals surface area contributed by atoms with Crippen molar-refractivity contribution in [3.05, 3.63) is 176 Å². The third-order valence-corrected chi connectivity index (χ3v) is 10.8. The zero-order valence-corrected chi connectivity index (χ0v) is 27.3. The number of thiophene rings is 1. The fourth-order valence-corrected chi connectivity index (χ4v) is 8.63. The number of para-hydroxylation sites is 2. The maximum atomic E-state index is 6.62. The minimum Gasteiger partial charge on any atom is -0.454 e. The molecule has 2 nitrogen and oxygen atoms in total. The molecule has 3 heteroatoms. The molecule has 10 aromatic rings. The fraction of sp³-hybridized carbons (Fsp3) is 0. The first kappa shape index (κ1) is 27.9. The van der Waals surface area contributed by atoms with Gasteiger partial charge in [0.25, 0.3) is 0 Å². The lowest BCUT2D eigenvalue weighted by Crippen LogP contribution is -2.10. The Bertz CT molecular complexity index is 2830. The van der Waals surface area contributed by atoms with Crippen molar-refractivity contribution < 1.29 is 4.42 Å². The molecule has 0 amide bonds. The molecule has 2 heterocycles. The summed E-state index contributed by atoms with van der Waals surface area (Å²) in [4.78, 5) is 2.36. The topological polar surface area (TPSA) is 16.4 Å². The molecule has 0 unspecified atom stereocenters. The van der Waals surface area contributed by atoms with E-state index < -0.39 is 0 Å². The Morgan fingerprint density at radius 3 is 1.90 bits per heavy atom. The van der Waals surface area contributed by atoms with Crippen LogP contribution in [0.25, 0.3) is 75.1 Å². The summed E-state index contributed by atoms with van der Waals surface area (Å²) in [5.41, 5.74) is 9.80. The van der Waals surface area contributed by atoms with Gasteiger partial charge in [-0.3, -0.25) is 0 Å². The van der Waals surface area contributed by atoms with Crippen molar-refractivity contribution in [1.82, 2.24) is 0 Å². The summed E-state index contributed by atoms with van der Waals surface area (Å²) in [6.07, 6.45) is 0. The van der Waals surface area contributed by atoms with E-state index in [9.17, 15) is 0 Å². The Hall–Kier alpha value is -6.16. The Labute approximate surface area is 287 Å². The van der Waals surface area contributed by atoms with Gasteiger partial charge in [-0.25, -0.2) is 0 Å². The second-order valence-corrected chi connectivity index (χ2v) is 13.6. The second-order valence-electron chi connectivity index (χ2n) is 12.5. The normalized spacial score (nSPS) is 11.7. The number of anilines is 3. The summed E-state index contributed by atoms with van der Waals surface area (Å²) >= 11 is 1.87. The summed E-state index contributed by atoms with van der Waals surface area (Å²) in [5.74, 6) is 0. The number of rotatable bonds is 5. The van der Waals surface area contributed by atoms with Crippen LogP contribution >= 0.6 is 11.3 Å². The predicted octanol–water partition coefficient (Wildman–Crippen LogP) is 13.9. The first-order valence-electron chi connectivity index (χ1n) is 16.6. The minimum absolute atomic E-state index is 0.878. The van der Waals surface area contributed by atoms with Crippen molar-refractivity contribution in [2.75, 3.05) is 4.90 Å². The van der Waals surface area contributed by atoms with Gasteiger partial charge in [-0.05, 0) is 70.1 Å². The van der Waals surface area contributed by atoms with Crippen molar-refractivity contribution in [2.24, 2.45) is 0 Å². The molecule has 0 aliphatic rings. The highest BCUT2D eigenvalue weighted by Gasteiger charge is 2.21. The smallest absolute Gasteiger partial charge is 0.159 e. The van der Waals surface area contributed by atoms with E-state index in [0.29, 0.717) is 0 Å². The quantitative estimate of drug-likeness (QED) is 0.186. The van der Waals surface area contributed by atoms with Crippen LogP contribution in [0.1, 0.15) is 0 Å². The zero-order chi connectivity index (χ0) is 32.3. The van der Waals surface area contributed by atoms with Crippen LogP contribution in [-0.4, -0.2) is 0 Å². The van der Waals surface area contributed by atoms with Crippen LogP contribution in [0.3, 0.4) is 0 Å². The molecular weight excluding hydrogens is 615 g/mol. The second kappa shape index (κ2) is 11.2. The van der Waals surface area contributed by atoms with E-state index in [1.807, 2.05) is 17.4 Å². The van der Waals surface area contributed by atoms with E-state index in [-0.39, 0.29) is 0 Å². The molecule has 2 aromatic heterocycles. The molecule has 0 atom stereocenters. The maximum absolute atomic E-state index is 6.62. The fourth-order valence-electron chi connectivity index (χ4n) is 7.37. The maximum Gasteiger partial charge on any atom is 0.159 e. The molecule has 0 aliphatic carbocycles. The molecular formula is C46H29NOS. The van der Waals surface area contributed by atoms with Crippen molar-refractivity contribution in [2.45, 2.75) is 0 Å². The van der Waals surface area contributed by atoms with Gasteiger partial charge in [0.1, 0.15) is 5.58 Å². The molecule has 0 aliphatic heterocycles. The summed E-state index contributed by atoms with van der Waals surface area (Å²) in [7, 11) is 0. The molecule has 0 saturated carbocycles. The van der Waals surface area contributed by atoms with Gasteiger partial charge in [-0.1, -0.05) is 133 Å². The third-order valence-electron chi connectivity index (χ3n) is 9.64. The van der Waals surface area contributed by atoms with Crippen molar-refractivity contribution in [3.8, 4) is 22.3 Å². The van der Waals surface area contributed by atoms with Gasteiger partial charge >= 0.3 is 0 Å². The standard InChI is InChI=1S/C46H29NOS/c1-3-13-30(14-4-1)32-17-11-18-33(27-32)47(42-23-12-22-38-36-20-9-10-24-43(36)48-45(38)42)34-25-26-37-41-29-40(31-15-5-2-6-16-31)35-19-7-8-21-39(35)46(41)49-44(37)28-34/h1-29H. The lowest BCUT2D eigenvalue weighted by atomic mass is 9.95. The highest BCUT2D eigenvalue weighted by molar-refractivity contribution is 7.26. The van der Waals surface area contributed by atoms with Crippen LogP contribution in [0.2, 0.25) is 0 Å². The van der Waals surface area contributed by atoms with Crippen LogP contribution in [0, 0.1) is 0 Å². The molecule has 0 fully saturated rings. The van der Waals surface area contributed by atoms with Gasteiger partial charge in [0.05, 0.1) is 5.69 Å². The first-order chi connectivity index (χ1) is 24.3. The third kappa shape index (κ3) is 4.55. The number of hydrogen-bond donors (Lipinski definition) is 0. The average molecular weight is 644 g/mol. The number of fused-ring (bicyclic) bond motifs is 8. The molecule has 10 rings (SSSR count). The summed E-state index contributed by atoms with van der Waals surface area (Å²) < 4.78 is 9.19. The van der Waals surface area contributed by atoms with Gasteiger partial charge in [-0.15, -0.1) is 11.3 Å². The highest BCUT2D eigenvalue weighted by Crippen LogP contribution is 2.47. The van der Waals surface area contributed by atoms with Crippen LogP contribution in [0.4, 0.5) is 17.1 Å². The Morgan fingerprint density at radius 1 is 0.408 bits per heavy atom. The van der Waals surface area contributed by atoms with Gasteiger partial charge in [0.15, 0.2) is 5.58 Å². The van der Waals surface area contributed by atoms with Crippen LogP contribution in [0.15, 0.2) is 180 Å². The predicted molar refractivity (Wildman–Crippen MR) is 210 cm³/mol. The number of furan rings is 1. The van der Waals surface area contributed by atoms with E-state index in [1.54, 1.807) is 0 Å². The van der Waals surface area contributed by atoms with Gasteiger partial charge < -0.3 is 9.32 Å². The average Bonchev–Trinajstić information content (AvgIpc) is 3.74. The summed E-state index contributed by atoms with van der Waals surface area (Å²) in [5, 5.41) is 7.37. The van der Waals surface area contributed by atoms with Crippen molar-refractivity contribution in [1.29, 1.82) is 0 Å². The van der Waals surface area contributed by atoms with Crippen molar-refractivity contribution >= 4 is 81.3 Å². The van der Waals surface area contributed by atoms with E-state index in [4.69, 9.17) is 4.42 Å². The van der Waals surface area contributed by atoms with E-state index >= 15 is 0 Å². The van der Waals surface area contributed by atoms with Crippen LogP contribution in [-0.2, 0) is 0 Å². The van der Waals surface area contributed by atoms with Crippen LogP contribution < -0.4 is 4.90 Å². The van der Waals surface area contributed by atoms with Gasteiger partial charge in [0.2, 0.25) is 0 Å². The molecule has 230 valence electrons. The van der Waals surface area contributed by atoms with E-state index in [2.05, 4.69) is 175 Å². The monoisotopic (exact) mass is 643 g/mol. The number of nitrogens with zero attached hydrogens (tertiary/aromatic N) is 1. The van der Waals surface area contributed by atoms with Gasteiger partial charge in [0, 0.05) is 47.7 Å². The SMILES string of the molecule is c1ccc(-c2cccc(N(c3ccc4c(c3)sc3c5ccccc5c(-c5ccccc5)cc43)c3cccc4c3oc3ccccc34)c2)cc1. The molecule has 49 heavy (non-hydrogen) atoms. The molecule has 0 N–H and O–H groups in total. The van der Waals surface area contributed by atoms with E-state index in [1.165, 1.54) is 53.2 Å². The lowest BCUT2D eigenvalue weighted by Gasteiger charge is -2.26. The minimum atomic E-state index is 0.878. The zero-order valence-electron chi connectivity index (χ0n) is 26.5. The molecule has 0 radical (unpaired) electrons. The Kier molecular flexibility index (Phi) is 6.39. The summed E-state index contributed by atoms with van der Waals surface area (Å²) in [6, 6.07) is 63.1. The molecule has 0 spiro atoms. The van der Waals surface area contributed by atoms with Crippen molar-refractivity contribution in [3.63, 3.8) is 0 Å². The Morgan fingerprint density at radius 2 is 1.06 bits per heavy atom. The molecule has 0 saturated heterocycles. The van der Waals surface area contributed by atoms with Crippen LogP contribution in [0.5, 0.6) is 0 Å². The highest BCUT2D eigenvalue weighted by atomic mass is 32.1.